The summed E-state index contributed by atoms with van der Waals surface area (Å²) in [7, 11) is 0. The van der Waals surface area contributed by atoms with Gasteiger partial charge in [0.1, 0.15) is 23.6 Å². The van der Waals surface area contributed by atoms with Crippen molar-refractivity contribution in [3.05, 3.63) is 102 Å². The number of aliphatic hydroxyl groups excluding tert-OH is 2. The van der Waals surface area contributed by atoms with E-state index < -0.39 is 58.4 Å². The summed E-state index contributed by atoms with van der Waals surface area (Å²) in [5, 5.41) is 42.1. The van der Waals surface area contributed by atoms with Crippen LogP contribution in [0.4, 0.5) is 13.2 Å². The van der Waals surface area contributed by atoms with Crippen LogP contribution in [0, 0.1) is 17.5 Å². The van der Waals surface area contributed by atoms with Crippen molar-refractivity contribution in [3.63, 3.8) is 0 Å². The summed E-state index contributed by atoms with van der Waals surface area (Å²) in [5.74, 6) is -3.29. The number of nitrogens with zero attached hydrogens (tertiary/aromatic N) is 6. The highest BCUT2D eigenvalue weighted by atomic mass is 19.1. The average molecular weight is 1190 g/mol. The van der Waals surface area contributed by atoms with Gasteiger partial charge < -0.3 is 39.0 Å². The lowest BCUT2D eigenvalue weighted by Gasteiger charge is -2.20. The van der Waals surface area contributed by atoms with E-state index in [0.717, 1.165) is 28.6 Å². The van der Waals surface area contributed by atoms with Gasteiger partial charge >= 0.3 is 11.9 Å². The number of carbonyl (C=O) groups excluding carboxylic acids is 2. The Bertz CT molecular complexity index is 3350. The van der Waals surface area contributed by atoms with Crippen LogP contribution in [0.25, 0.3) is 32.3 Å². The van der Waals surface area contributed by atoms with Crippen LogP contribution >= 0.6 is 0 Å². The molecule has 0 aliphatic carbocycles. The van der Waals surface area contributed by atoms with E-state index in [2.05, 4.69) is 22.2 Å². The van der Waals surface area contributed by atoms with Crippen LogP contribution in [0.3, 0.4) is 0 Å². The third kappa shape index (κ3) is 19.6. The molecule has 4 N–H and O–H groups in total. The molecule has 0 bridgehead atoms. The summed E-state index contributed by atoms with van der Waals surface area (Å²) >= 11 is 0. The van der Waals surface area contributed by atoms with E-state index in [1.54, 1.807) is 26.8 Å². The number of benzene rings is 3. The number of carbonyl (C=O) groups is 2. The van der Waals surface area contributed by atoms with Crippen molar-refractivity contribution >= 4 is 44.3 Å². The maximum absolute atomic E-state index is 16.9. The molecule has 22 heteroatoms. The van der Waals surface area contributed by atoms with Gasteiger partial charge in [0.25, 0.3) is 16.7 Å². The number of ether oxygens (including phenoxy) is 5. The van der Waals surface area contributed by atoms with Crippen molar-refractivity contribution in [2.45, 2.75) is 220 Å². The highest BCUT2D eigenvalue weighted by Gasteiger charge is 2.26. The lowest BCUT2D eigenvalue weighted by molar-refractivity contribution is -0.147. The number of hydrogen-bond donors (Lipinski definition) is 2. The Morgan fingerprint density at radius 2 is 1.04 bits per heavy atom. The number of hydrogen-bond acceptors (Lipinski definition) is 15. The van der Waals surface area contributed by atoms with Gasteiger partial charge in [0.15, 0.2) is 6.10 Å². The van der Waals surface area contributed by atoms with Crippen LogP contribution in [0.2, 0.25) is 0 Å². The van der Waals surface area contributed by atoms with Crippen molar-refractivity contribution < 1.29 is 61.8 Å². The molecular formula is C63H86F3N6O13+. The molecule has 3 aromatic carbocycles. The van der Waals surface area contributed by atoms with Crippen LogP contribution in [0.5, 0.6) is 17.6 Å². The highest BCUT2D eigenvalue weighted by Crippen LogP contribution is 2.33. The van der Waals surface area contributed by atoms with E-state index in [1.165, 1.54) is 54.9 Å². The molecule has 19 nitrogen and oxygen atoms in total. The zero-order chi connectivity index (χ0) is 61.6. The van der Waals surface area contributed by atoms with Crippen molar-refractivity contribution in [1.82, 2.24) is 29.3 Å². The first kappa shape index (κ1) is 67.2. The van der Waals surface area contributed by atoms with Gasteiger partial charge in [-0.25, -0.2) is 27.2 Å². The first-order valence-corrected chi connectivity index (χ1v) is 30.2. The number of rotatable bonds is 38. The second-order valence-electron chi connectivity index (χ2n) is 22.2. The van der Waals surface area contributed by atoms with E-state index in [9.17, 15) is 34.2 Å². The minimum atomic E-state index is -1.14. The zero-order valence-corrected chi connectivity index (χ0v) is 50.1. The van der Waals surface area contributed by atoms with E-state index in [0.29, 0.717) is 77.0 Å². The molecule has 6 aromatic rings. The van der Waals surface area contributed by atoms with Crippen molar-refractivity contribution in [2.75, 3.05) is 19.8 Å². The maximum Gasteiger partial charge on any atom is 0.303 e. The van der Waals surface area contributed by atoms with Gasteiger partial charge in [-0.05, 0) is 140 Å². The first-order valence-electron chi connectivity index (χ1n) is 30.2. The number of halogens is 3. The molecule has 3 heterocycles. The van der Waals surface area contributed by atoms with Crippen LogP contribution in [-0.4, -0.2) is 101 Å². The average Bonchev–Trinajstić information content (AvgIpc) is 2.99. The Kier molecular flexibility index (Phi) is 26.6. The SMILES string of the molecule is CCCCCCn1nc(OCCCC[C@@H](C)O)c2ccc([C@H](CCCCn3nc(OCCCC[C@@H](C)[OH2+])c4ccc(C[C@@H](O)CCCCn5nc(OCCCC[C@@H](C)OC(C)=O)c6cccc(F)c6c5=O)c(F)c4c3=O)OC(C)=O)c(F)c2c1=O. The molecular weight excluding hydrogens is 1110 g/mol. The Morgan fingerprint density at radius 3 is 1.58 bits per heavy atom. The Labute approximate surface area is 493 Å². The molecule has 0 radical (unpaired) electrons. The fourth-order valence-electron chi connectivity index (χ4n) is 10.3. The summed E-state index contributed by atoms with van der Waals surface area (Å²) in [4.78, 5) is 65.5. The van der Waals surface area contributed by atoms with E-state index in [-0.39, 0.29) is 151 Å². The Balaban J connectivity index is 1.16. The number of unbranched alkanes of at least 4 members (excludes halogenated alkanes) is 8. The zero-order valence-electron chi connectivity index (χ0n) is 50.1. The largest absolute Gasteiger partial charge is 0.476 e. The fourth-order valence-corrected chi connectivity index (χ4v) is 10.3. The standard InChI is InChI=1S/C63H85F3N6O13/c1-7-8-9-15-33-71-63(80)55-50(60(69-71)83-37-19-13-23-41(3)74)32-31-47(57(55)66)52(85-44(6)76)28-11-17-35-72-62(79)54-49(59(68-72)82-36-18-12-22-40(2)73)30-29-45(56(54)65)39-46(77)25-10-16-34-70-61(78)53-48(26-21-27-51(53)64)58(67-70)81-38-20-14-24-42(4)84-43(5)75/h21,26-27,29-32,40-42,46,52,73-74,77H,7-20,22-25,28,33-39H2,1-6H3/p+1/t40-,41-,42-,46+,52+/m1/s1. The highest BCUT2D eigenvalue weighted by molar-refractivity contribution is 5.88. The van der Waals surface area contributed by atoms with Gasteiger partial charge in [-0.2, -0.15) is 0 Å². The van der Waals surface area contributed by atoms with Gasteiger partial charge in [0, 0.05) is 58.8 Å². The van der Waals surface area contributed by atoms with E-state index >= 15 is 13.2 Å². The third-order valence-corrected chi connectivity index (χ3v) is 14.8. The number of fused-ring (bicyclic) bond motifs is 3. The van der Waals surface area contributed by atoms with Crippen molar-refractivity contribution in [1.29, 1.82) is 0 Å². The Hall–Kier alpha value is -6.91. The molecule has 6 rings (SSSR count). The summed E-state index contributed by atoms with van der Waals surface area (Å²) < 4.78 is 81.3. The topological polar surface area (TPSA) is 248 Å². The molecule has 3 aromatic heterocycles. The van der Waals surface area contributed by atoms with E-state index in [1.807, 2.05) is 0 Å². The van der Waals surface area contributed by atoms with Gasteiger partial charge in [-0.1, -0.05) is 44.4 Å². The number of esters is 2. The molecule has 0 aliphatic heterocycles. The van der Waals surface area contributed by atoms with Crippen LogP contribution in [0.1, 0.15) is 181 Å². The van der Waals surface area contributed by atoms with Gasteiger partial charge in [0.2, 0.25) is 17.6 Å². The summed E-state index contributed by atoms with van der Waals surface area (Å²) in [5.41, 5.74) is -1.99. The third-order valence-electron chi connectivity index (χ3n) is 14.8. The molecule has 0 amide bonds. The summed E-state index contributed by atoms with van der Waals surface area (Å²) in [6.45, 7) is 10.8. The second kappa shape index (κ2) is 33.7. The lowest BCUT2D eigenvalue weighted by atomic mass is 9.99. The number of aromatic nitrogens is 6. The van der Waals surface area contributed by atoms with Gasteiger partial charge in [0.05, 0.1) is 70.4 Å². The molecule has 5 atom stereocenters. The van der Waals surface area contributed by atoms with Gasteiger partial charge in [-0.3, -0.25) is 24.0 Å². The second-order valence-corrected chi connectivity index (χ2v) is 22.2. The predicted molar refractivity (Wildman–Crippen MR) is 318 cm³/mol. The minimum absolute atomic E-state index is 0.0148. The first-order chi connectivity index (χ1) is 40.8. The quantitative estimate of drug-likeness (QED) is 0.0208. The number of aryl methyl sites for hydroxylation is 3. The molecule has 85 heavy (non-hydrogen) atoms. The smallest absolute Gasteiger partial charge is 0.303 e. The predicted octanol–water partition coefficient (Wildman–Crippen LogP) is 10.2. The maximum atomic E-state index is 16.9. The Morgan fingerprint density at radius 1 is 0.553 bits per heavy atom. The van der Waals surface area contributed by atoms with Crippen molar-refractivity contribution in [2.24, 2.45) is 0 Å². The molecule has 0 aliphatic rings. The van der Waals surface area contributed by atoms with Crippen LogP contribution in [0.15, 0.2) is 56.8 Å². The molecule has 0 spiro atoms. The van der Waals surface area contributed by atoms with Crippen LogP contribution in [-0.2, 0) is 45.1 Å². The summed E-state index contributed by atoms with van der Waals surface area (Å²) in [6.07, 6.45) is 7.18. The van der Waals surface area contributed by atoms with Gasteiger partial charge in [-0.15, -0.1) is 15.3 Å². The normalized spacial score (nSPS) is 13.5. The van der Waals surface area contributed by atoms with Crippen LogP contribution < -0.4 is 30.9 Å². The lowest BCUT2D eigenvalue weighted by Crippen LogP contribution is -2.26. The van der Waals surface area contributed by atoms with E-state index in [4.69, 9.17) is 28.8 Å². The number of aliphatic hydroxyl groups is 2. The fraction of sp³-hybridized carbons (Fsp3) is 0.587. The monoisotopic (exact) mass is 1190 g/mol. The molecule has 466 valence electrons. The molecule has 0 saturated heterocycles. The molecule has 0 saturated carbocycles. The molecule has 0 unspecified atom stereocenters. The minimum Gasteiger partial charge on any atom is -0.476 e. The molecule has 0 fully saturated rings. The summed E-state index contributed by atoms with van der Waals surface area (Å²) in [6, 6.07) is 10.2. The van der Waals surface area contributed by atoms with Crippen molar-refractivity contribution in [3.8, 4) is 17.6 Å².